The van der Waals surface area contributed by atoms with Gasteiger partial charge in [0, 0.05) is 48.6 Å². The first-order valence-corrected chi connectivity index (χ1v) is 12.6. The van der Waals surface area contributed by atoms with Crippen LogP contribution in [0.3, 0.4) is 0 Å². The molecule has 1 fully saturated rings. The van der Waals surface area contributed by atoms with Crippen LogP contribution in [0, 0.1) is 5.92 Å². The van der Waals surface area contributed by atoms with Crippen LogP contribution >= 0.6 is 12.6 Å². The SMILES string of the molecule is CCCN(CCC)C(=O)C1=Cc2ccc(-c3cccc(S)c3)cc2N=C(N)C1.NCC1CNC1. The Morgan fingerprint density at radius 1 is 1.12 bits per heavy atom. The number of rotatable bonds is 7. The number of carbonyl (C=O) groups excluding carboxylic acids is 1. The molecule has 2 aliphatic rings. The third-order valence-corrected chi connectivity index (χ3v) is 6.20. The number of nitrogens with zero attached hydrogens (tertiary/aromatic N) is 2. The van der Waals surface area contributed by atoms with Crippen molar-refractivity contribution in [3.63, 3.8) is 0 Å². The molecule has 1 amide bonds. The van der Waals surface area contributed by atoms with Gasteiger partial charge in [-0.05, 0) is 60.7 Å². The third kappa shape index (κ3) is 6.95. The van der Waals surface area contributed by atoms with Gasteiger partial charge < -0.3 is 21.7 Å². The summed E-state index contributed by atoms with van der Waals surface area (Å²) in [5.74, 6) is 1.30. The Labute approximate surface area is 208 Å². The lowest BCUT2D eigenvalue weighted by atomic mass is 10.0. The van der Waals surface area contributed by atoms with Crippen molar-refractivity contribution in [1.82, 2.24) is 10.2 Å². The molecule has 0 aliphatic carbocycles. The highest BCUT2D eigenvalue weighted by atomic mass is 32.1. The minimum atomic E-state index is 0.0570. The highest BCUT2D eigenvalue weighted by molar-refractivity contribution is 7.80. The summed E-state index contributed by atoms with van der Waals surface area (Å²) in [4.78, 5) is 20.5. The van der Waals surface area contributed by atoms with Crippen molar-refractivity contribution in [1.29, 1.82) is 0 Å². The van der Waals surface area contributed by atoms with Crippen molar-refractivity contribution in [2.75, 3.05) is 32.7 Å². The average molecular weight is 480 g/mol. The zero-order valence-electron chi connectivity index (χ0n) is 20.3. The van der Waals surface area contributed by atoms with Gasteiger partial charge in [-0.25, -0.2) is 4.99 Å². The Bertz CT molecular complexity index is 1040. The van der Waals surface area contributed by atoms with Gasteiger partial charge in [0.25, 0.3) is 0 Å². The van der Waals surface area contributed by atoms with Gasteiger partial charge >= 0.3 is 0 Å². The van der Waals surface area contributed by atoms with E-state index in [1.807, 2.05) is 53.4 Å². The van der Waals surface area contributed by atoms with Crippen molar-refractivity contribution in [2.24, 2.45) is 22.4 Å². The zero-order chi connectivity index (χ0) is 24.5. The van der Waals surface area contributed by atoms with E-state index in [9.17, 15) is 4.79 Å². The maximum atomic E-state index is 13.1. The summed E-state index contributed by atoms with van der Waals surface area (Å²) >= 11 is 4.42. The molecule has 2 heterocycles. The van der Waals surface area contributed by atoms with Crippen LogP contribution < -0.4 is 16.8 Å². The number of carbonyl (C=O) groups is 1. The molecule has 0 aromatic heterocycles. The Morgan fingerprint density at radius 2 is 1.82 bits per heavy atom. The second-order valence-electron chi connectivity index (χ2n) is 8.83. The number of thiol groups is 1. The van der Waals surface area contributed by atoms with Gasteiger partial charge in [0.05, 0.1) is 5.69 Å². The van der Waals surface area contributed by atoms with Crippen LogP contribution in [-0.4, -0.2) is 49.4 Å². The lowest BCUT2D eigenvalue weighted by Gasteiger charge is -2.24. The lowest BCUT2D eigenvalue weighted by Crippen LogP contribution is -2.45. The van der Waals surface area contributed by atoms with E-state index in [0.717, 1.165) is 78.8 Å². The summed E-state index contributed by atoms with van der Waals surface area (Å²) in [6.45, 7) is 8.81. The maximum absolute atomic E-state index is 13.1. The summed E-state index contributed by atoms with van der Waals surface area (Å²) in [5.41, 5.74) is 16.0. The van der Waals surface area contributed by atoms with Crippen LogP contribution in [0.15, 0.2) is 57.9 Å². The monoisotopic (exact) mass is 479 g/mol. The van der Waals surface area contributed by atoms with Gasteiger partial charge in [-0.15, -0.1) is 12.6 Å². The first kappa shape index (κ1) is 26.0. The van der Waals surface area contributed by atoms with Gasteiger partial charge in [-0.3, -0.25) is 4.79 Å². The number of amidine groups is 1. The fraction of sp³-hybridized carbons (Fsp3) is 0.407. The number of hydrogen-bond acceptors (Lipinski definition) is 6. The van der Waals surface area contributed by atoms with Crippen molar-refractivity contribution in [3.05, 3.63) is 53.6 Å². The van der Waals surface area contributed by atoms with Crippen molar-refractivity contribution >= 4 is 36.1 Å². The summed E-state index contributed by atoms with van der Waals surface area (Å²) < 4.78 is 0. The van der Waals surface area contributed by atoms with Crippen molar-refractivity contribution in [3.8, 4) is 11.1 Å². The molecule has 2 aromatic carbocycles. The number of aliphatic imine (C=N–C) groups is 1. The Kier molecular flexibility index (Phi) is 9.74. The van der Waals surface area contributed by atoms with Gasteiger partial charge in [-0.2, -0.15) is 0 Å². The molecule has 2 aliphatic heterocycles. The number of amides is 1. The normalized spacial score (nSPS) is 15.1. The number of nitrogens with one attached hydrogen (secondary N) is 1. The summed E-state index contributed by atoms with van der Waals surface area (Å²) in [6.07, 6.45) is 4.19. The Hall–Kier alpha value is -2.61. The molecule has 0 radical (unpaired) electrons. The van der Waals surface area contributed by atoms with E-state index in [1.165, 1.54) is 0 Å². The minimum absolute atomic E-state index is 0.0570. The summed E-state index contributed by atoms with van der Waals surface area (Å²) in [6, 6.07) is 14.1. The molecule has 0 unspecified atom stereocenters. The predicted octanol–water partition coefficient (Wildman–Crippen LogP) is 4.23. The van der Waals surface area contributed by atoms with Crippen LogP contribution in [0.1, 0.15) is 38.7 Å². The highest BCUT2D eigenvalue weighted by Gasteiger charge is 2.21. The molecular weight excluding hydrogens is 442 g/mol. The highest BCUT2D eigenvalue weighted by Crippen LogP contribution is 2.32. The lowest BCUT2D eigenvalue weighted by molar-refractivity contribution is -0.127. The molecule has 5 N–H and O–H groups in total. The van der Waals surface area contributed by atoms with Gasteiger partial charge in [-0.1, -0.05) is 38.1 Å². The van der Waals surface area contributed by atoms with Crippen LogP contribution in [0.5, 0.6) is 0 Å². The van der Waals surface area contributed by atoms with Gasteiger partial charge in [0.2, 0.25) is 5.91 Å². The second-order valence-corrected chi connectivity index (χ2v) is 9.34. The number of fused-ring (bicyclic) bond motifs is 1. The predicted molar refractivity (Wildman–Crippen MR) is 146 cm³/mol. The molecule has 7 heteroatoms. The molecule has 4 rings (SSSR count). The Morgan fingerprint density at radius 3 is 2.38 bits per heavy atom. The van der Waals surface area contributed by atoms with Gasteiger partial charge in [0.1, 0.15) is 5.84 Å². The first-order valence-electron chi connectivity index (χ1n) is 12.1. The zero-order valence-corrected chi connectivity index (χ0v) is 21.2. The second kappa shape index (κ2) is 12.7. The molecule has 182 valence electrons. The molecule has 0 bridgehead atoms. The topological polar surface area (TPSA) is 96.7 Å². The van der Waals surface area contributed by atoms with Crippen LogP contribution in [0.4, 0.5) is 5.69 Å². The van der Waals surface area contributed by atoms with Crippen molar-refractivity contribution in [2.45, 2.75) is 38.0 Å². The summed E-state index contributed by atoms with van der Waals surface area (Å²) in [7, 11) is 0. The maximum Gasteiger partial charge on any atom is 0.250 e. The number of nitrogens with two attached hydrogens (primary N) is 2. The quantitative estimate of drug-likeness (QED) is 0.447. The van der Waals surface area contributed by atoms with E-state index in [2.05, 4.69) is 36.8 Å². The van der Waals surface area contributed by atoms with Crippen LogP contribution in [0.25, 0.3) is 17.2 Å². The minimum Gasteiger partial charge on any atom is -0.387 e. The molecular formula is C27H37N5OS. The first-order chi connectivity index (χ1) is 16.4. The van der Waals surface area contributed by atoms with E-state index in [4.69, 9.17) is 11.5 Å². The molecule has 0 spiro atoms. The van der Waals surface area contributed by atoms with E-state index >= 15 is 0 Å². The summed E-state index contributed by atoms with van der Waals surface area (Å²) in [5, 5.41) is 3.13. The largest absolute Gasteiger partial charge is 0.387 e. The van der Waals surface area contributed by atoms with E-state index < -0.39 is 0 Å². The fourth-order valence-corrected chi connectivity index (χ4v) is 4.19. The van der Waals surface area contributed by atoms with Crippen molar-refractivity contribution < 1.29 is 4.79 Å². The van der Waals surface area contributed by atoms with E-state index in [0.29, 0.717) is 17.8 Å². The Balaban J connectivity index is 0.000000469. The number of hydrogen-bond donors (Lipinski definition) is 4. The molecule has 34 heavy (non-hydrogen) atoms. The van der Waals surface area contributed by atoms with Gasteiger partial charge in [0.15, 0.2) is 0 Å². The number of benzene rings is 2. The van der Waals surface area contributed by atoms with E-state index in [1.54, 1.807) is 0 Å². The van der Waals surface area contributed by atoms with E-state index in [-0.39, 0.29) is 5.91 Å². The average Bonchev–Trinajstić information content (AvgIpc) is 2.95. The fourth-order valence-electron chi connectivity index (χ4n) is 3.97. The smallest absolute Gasteiger partial charge is 0.250 e. The van der Waals surface area contributed by atoms with Crippen LogP contribution in [-0.2, 0) is 4.79 Å². The molecule has 0 saturated carbocycles. The standard InChI is InChI=1S/C23H27N3OS.C4H10N2/c1-3-10-26(11-4-2)23(27)19-12-18-9-8-17(14-21(18)25-22(24)15-19)16-6-5-7-20(28)13-16;5-1-4-2-6-3-4/h5-9,12-14,28H,3-4,10-11,15H2,1-2H3,(H2,24,25);4,6H,1-3,5H2. The molecule has 2 aromatic rings. The molecule has 6 nitrogen and oxygen atoms in total. The molecule has 1 saturated heterocycles. The van der Waals surface area contributed by atoms with Crippen LogP contribution in [0.2, 0.25) is 0 Å². The molecule has 0 atom stereocenters. The third-order valence-electron chi connectivity index (χ3n) is 5.92.